The predicted molar refractivity (Wildman–Crippen MR) is 114 cm³/mol. The molecule has 1 aromatic heterocycles. The normalized spacial score (nSPS) is 12.7. The minimum Gasteiger partial charge on any atom is -0.482 e. The van der Waals surface area contributed by atoms with Crippen molar-refractivity contribution in [3.8, 4) is 5.75 Å². The summed E-state index contributed by atoms with van der Waals surface area (Å²) in [5.74, 6) is -0.209. The third-order valence-electron chi connectivity index (χ3n) is 4.49. The zero-order chi connectivity index (χ0) is 21.1. The Kier molecular flexibility index (Phi) is 5.44. The van der Waals surface area contributed by atoms with E-state index in [0.29, 0.717) is 22.3 Å². The summed E-state index contributed by atoms with van der Waals surface area (Å²) in [5.41, 5.74) is 2.17. The minimum atomic E-state index is -0.416. The van der Waals surface area contributed by atoms with E-state index in [0.717, 1.165) is 5.56 Å². The Morgan fingerprint density at radius 1 is 1.17 bits per heavy atom. The number of benzene rings is 2. The van der Waals surface area contributed by atoms with Gasteiger partial charge in [-0.3, -0.25) is 14.4 Å². The van der Waals surface area contributed by atoms with Gasteiger partial charge in [-0.15, -0.1) is 11.3 Å². The van der Waals surface area contributed by atoms with Crippen LogP contribution in [0.15, 0.2) is 53.9 Å². The van der Waals surface area contributed by atoms with E-state index in [1.807, 2.05) is 30.3 Å². The highest BCUT2D eigenvalue weighted by molar-refractivity contribution is 7.14. The molecule has 0 saturated carbocycles. The van der Waals surface area contributed by atoms with Gasteiger partial charge in [0, 0.05) is 18.1 Å². The second-order valence-corrected chi connectivity index (χ2v) is 7.48. The Hall–Kier alpha value is -3.72. The number of hydrogen-bond acceptors (Lipinski definition) is 6. The SMILES string of the molecule is CN1C(=O)COc2ccc(NC(=O)c3csc(NC(=O)Cc4ccccc4)n3)cc21. The van der Waals surface area contributed by atoms with Crippen molar-refractivity contribution in [1.29, 1.82) is 0 Å². The molecule has 4 rings (SSSR count). The van der Waals surface area contributed by atoms with Crippen molar-refractivity contribution < 1.29 is 19.1 Å². The standard InChI is InChI=1S/C21H18N4O4S/c1-25-16-10-14(7-8-17(16)29-11-19(25)27)22-20(28)15-12-30-21(23-15)24-18(26)9-13-5-3-2-4-6-13/h2-8,10,12H,9,11H2,1H3,(H,22,28)(H,23,24,26). The second-order valence-electron chi connectivity index (χ2n) is 6.63. The fourth-order valence-electron chi connectivity index (χ4n) is 2.93. The molecule has 0 unspecified atom stereocenters. The van der Waals surface area contributed by atoms with E-state index in [-0.39, 0.29) is 30.5 Å². The van der Waals surface area contributed by atoms with Gasteiger partial charge in [0.15, 0.2) is 11.7 Å². The molecule has 0 radical (unpaired) electrons. The lowest BCUT2D eigenvalue weighted by molar-refractivity contribution is -0.121. The van der Waals surface area contributed by atoms with E-state index in [9.17, 15) is 14.4 Å². The van der Waals surface area contributed by atoms with Crippen LogP contribution in [0.1, 0.15) is 16.1 Å². The van der Waals surface area contributed by atoms with E-state index in [1.165, 1.54) is 16.2 Å². The summed E-state index contributed by atoms with van der Waals surface area (Å²) in [6.07, 6.45) is 0.228. The van der Waals surface area contributed by atoms with Crippen LogP contribution in [0, 0.1) is 0 Å². The van der Waals surface area contributed by atoms with Gasteiger partial charge in [0.2, 0.25) is 5.91 Å². The van der Waals surface area contributed by atoms with Crippen LogP contribution in [0.5, 0.6) is 5.75 Å². The van der Waals surface area contributed by atoms with E-state index in [4.69, 9.17) is 4.74 Å². The number of nitrogens with one attached hydrogen (secondary N) is 2. The molecule has 0 fully saturated rings. The molecular formula is C21H18N4O4S. The maximum absolute atomic E-state index is 12.5. The van der Waals surface area contributed by atoms with Gasteiger partial charge in [0.25, 0.3) is 11.8 Å². The molecule has 2 aromatic carbocycles. The fourth-order valence-corrected chi connectivity index (χ4v) is 3.63. The van der Waals surface area contributed by atoms with Crippen LogP contribution in [0.3, 0.4) is 0 Å². The second kappa shape index (κ2) is 8.34. The molecular weight excluding hydrogens is 404 g/mol. The third kappa shape index (κ3) is 4.31. The van der Waals surface area contributed by atoms with Crippen LogP contribution in [0.25, 0.3) is 0 Å². The van der Waals surface area contributed by atoms with Crippen molar-refractivity contribution in [1.82, 2.24) is 4.98 Å². The van der Waals surface area contributed by atoms with Gasteiger partial charge < -0.3 is 20.3 Å². The van der Waals surface area contributed by atoms with Gasteiger partial charge >= 0.3 is 0 Å². The Morgan fingerprint density at radius 2 is 1.97 bits per heavy atom. The first-order valence-corrected chi connectivity index (χ1v) is 10.0. The Bertz CT molecular complexity index is 1110. The highest BCUT2D eigenvalue weighted by Gasteiger charge is 2.23. The number of anilines is 3. The first-order valence-electron chi connectivity index (χ1n) is 9.13. The van der Waals surface area contributed by atoms with E-state index < -0.39 is 5.91 Å². The number of rotatable bonds is 5. The molecule has 0 saturated heterocycles. The summed E-state index contributed by atoms with van der Waals surface area (Å²) in [5, 5.41) is 7.38. The van der Waals surface area contributed by atoms with Gasteiger partial charge in [-0.1, -0.05) is 30.3 Å². The molecule has 1 aliphatic heterocycles. The summed E-state index contributed by atoms with van der Waals surface area (Å²) in [4.78, 5) is 42.1. The molecule has 3 amide bonds. The summed E-state index contributed by atoms with van der Waals surface area (Å²) in [6.45, 7) is -0.00714. The summed E-state index contributed by atoms with van der Waals surface area (Å²) >= 11 is 1.17. The number of fused-ring (bicyclic) bond motifs is 1. The maximum atomic E-state index is 12.5. The molecule has 8 nitrogen and oxygen atoms in total. The molecule has 30 heavy (non-hydrogen) atoms. The molecule has 2 N–H and O–H groups in total. The topological polar surface area (TPSA) is 101 Å². The summed E-state index contributed by atoms with van der Waals surface area (Å²) in [7, 11) is 1.65. The van der Waals surface area contributed by atoms with Crippen molar-refractivity contribution in [2.24, 2.45) is 0 Å². The van der Waals surface area contributed by atoms with Crippen LogP contribution in [-0.4, -0.2) is 36.4 Å². The number of hydrogen-bond donors (Lipinski definition) is 2. The van der Waals surface area contributed by atoms with Gasteiger partial charge in [-0.05, 0) is 23.8 Å². The Balaban J connectivity index is 1.40. The van der Waals surface area contributed by atoms with Gasteiger partial charge in [0.05, 0.1) is 12.1 Å². The van der Waals surface area contributed by atoms with Crippen molar-refractivity contribution in [3.63, 3.8) is 0 Å². The maximum Gasteiger partial charge on any atom is 0.275 e. The molecule has 0 spiro atoms. The van der Waals surface area contributed by atoms with Crippen LogP contribution in [0.4, 0.5) is 16.5 Å². The molecule has 152 valence electrons. The van der Waals surface area contributed by atoms with Crippen LogP contribution >= 0.6 is 11.3 Å². The van der Waals surface area contributed by atoms with Crippen LogP contribution in [0.2, 0.25) is 0 Å². The van der Waals surface area contributed by atoms with Crippen molar-refractivity contribution in [2.75, 3.05) is 29.2 Å². The fraction of sp³-hybridized carbons (Fsp3) is 0.143. The predicted octanol–water partition coefficient (Wildman–Crippen LogP) is 2.93. The van der Waals surface area contributed by atoms with Gasteiger partial charge in [-0.2, -0.15) is 0 Å². The quantitative estimate of drug-likeness (QED) is 0.658. The lowest BCUT2D eigenvalue weighted by Crippen LogP contribution is -2.35. The summed E-state index contributed by atoms with van der Waals surface area (Å²) in [6, 6.07) is 14.4. The number of carbonyl (C=O) groups excluding carboxylic acids is 3. The van der Waals surface area contributed by atoms with Crippen LogP contribution in [-0.2, 0) is 16.0 Å². The van der Waals surface area contributed by atoms with Gasteiger partial charge in [0.1, 0.15) is 11.4 Å². The number of ether oxygens (including phenoxy) is 1. The molecule has 0 aliphatic carbocycles. The molecule has 1 aliphatic rings. The van der Waals surface area contributed by atoms with Crippen molar-refractivity contribution in [2.45, 2.75) is 6.42 Å². The number of thiazole rings is 1. The zero-order valence-corrected chi connectivity index (χ0v) is 16.9. The number of carbonyl (C=O) groups is 3. The van der Waals surface area contributed by atoms with Crippen molar-refractivity contribution >= 4 is 45.6 Å². The number of amides is 3. The summed E-state index contributed by atoms with van der Waals surface area (Å²) < 4.78 is 5.38. The highest BCUT2D eigenvalue weighted by Crippen LogP contribution is 2.33. The minimum absolute atomic E-state index is 0.00714. The Morgan fingerprint density at radius 3 is 2.77 bits per heavy atom. The number of nitrogens with zero attached hydrogens (tertiary/aromatic N) is 2. The zero-order valence-electron chi connectivity index (χ0n) is 16.0. The molecule has 3 aromatic rings. The molecule has 0 bridgehead atoms. The monoisotopic (exact) mass is 422 g/mol. The lowest BCUT2D eigenvalue weighted by atomic mass is 10.1. The average molecular weight is 422 g/mol. The molecule has 0 atom stereocenters. The highest BCUT2D eigenvalue weighted by atomic mass is 32.1. The lowest BCUT2D eigenvalue weighted by Gasteiger charge is -2.26. The number of aromatic nitrogens is 1. The molecule has 9 heteroatoms. The van der Waals surface area contributed by atoms with E-state index in [2.05, 4.69) is 15.6 Å². The first kappa shape index (κ1) is 19.6. The van der Waals surface area contributed by atoms with E-state index >= 15 is 0 Å². The number of likely N-dealkylation sites (N-methyl/N-ethyl adjacent to an activating group) is 1. The van der Waals surface area contributed by atoms with Crippen molar-refractivity contribution in [3.05, 3.63) is 65.2 Å². The van der Waals surface area contributed by atoms with E-state index in [1.54, 1.807) is 30.6 Å². The molecule has 2 heterocycles. The largest absolute Gasteiger partial charge is 0.482 e. The third-order valence-corrected chi connectivity index (χ3v) is 5.25. The van der Waals surface area contributed by atoms with Gasteiger partial charge in [-0.25, -0.2) is 4.98 Å². The average Bonchev–Trinajstić information content (AvgIpc) is 3.20. The smallest absolute Gasteiger partial charge is 0.275 e. The van der Waals surface area contributed by atoms with Crippen LogP contribution < -0.4 is 20.3 Å². The Labute approximate surface area is 176 Å². The first-order chi connectivity index (χ1) is 14.5.